The molecule has 6 nitrogen and oxygen atoms in total. The van der Waals surface area contributed by atoms with Crippen molar-refractivity contribution in [1.82, 2.24) is 19.2 Å². The van der Waals surface area contributed by atoms with Gasteiger partial charge in [-0.3, -0.25) is 9.59 Å². The number of halogens is 2. The summed E-state index contributed by atoms with van der Waals surface area (Å²) in [5.41, 5.74) is 2.02. The lowest BCUT2D eigenvalue weighted by Crippen LogP contribution is -2.31. The van der Waals surface area contributed by atoms with Crippen molar-refractivity contribution < 1.29 is 4.79 Å². The number of para-hydroxylation sites is 1. The minimum atomic E-state index is -0.296. The summed E-state index contributed by atoms with van der Waals surface area (Å²) in [7, 11) is 1.82. The molecule has 2 aromatic heterocycles. The number of amides is 1. The fourth-order valence-electron chi connectivity index (χ4n) is 4.40. The van der Waals surface area contributed by atoms with Gasteiger partial charge in [-0.25, -0.2) is 0 Å². The van der Waals surface area contributed by atoms with Gasteiger partial charge in [0.15, 0.2) is 0 Å². The van der Waals surface area contributed by atoms with Crippen LogP contribution in [0.25, 0.3) is 27.5 Å². The zero-order valence-electron chi connectivity index (χ0n) is 16.9. The maximum absolute atomic E-state index is 13.5. The molecule has 0 saturated carbocycles. The predicted molar refractivity (Wildman–Crippen MR) is 123 cm³/mol. The number of aryl methyl sites for hydroxylation is 1. The van der Waals surface area contributed by atoms with Crippen molar-refractivity contribution in [2.24, 2.45) is 7.05 Å². The van der Waals surface area contributed by atoms with Crippen molar-refractivity contribution in [3.05, 3.63) is 68.6 Å². The topological polar surface area (TPSA) is 60.1 Å². The Balaban J connectivity index is 1.82. The van der Waals surface area contributed by atoms with E-state index in [1.165, 1.54) is 4.68 Å². The van der Waals surface area contributed by atoms with Crippen LogP contribution in [-0.4, -0.2) is 38.2 Å². The van der Waals surface area contributed by atoms with Crippen molar-refractivity contribution in [1.29, 1.82) is 0 Å². The number of carbonyl (C=O) groups excluding carboxylic acids is 1. The van der Waals surface area contributed by atoms with Crippen LogP contribution >= 0.6 is 23.2 Å². The van der Waals surface area contributed by atoms with Gasteiger partial charge in [0.1, 0.15) is 5.52 Å². The molecule has 0 spiro atoms. The van der Waals surface area contributed by atoms with E-state index in [0.717, 1.165) is 36.8 Å². The number of aromatic nitrogens is 3. The Morgan fingerprint density at radius 2 is 1.84 bits per heavy atom. The van der Waals surface area contributed by atoms with Gasteiger partial charge in [-0.15, -0.1) is 0 Å². The van der Waals surface area contributed by atoms with Crippen molar-refractivity contribution >= 4 is 50.9 Å². The summed E-state index contributed by atoms with van der Waals surface area (Å²) >= 11 is 12.6. The van der Waals surface area contributed by atoms with E-state index in [-0.39, 0.29) is 17.9 Å². The number of hydrogen-bond acceptors (Lipinski definition) is 3. The van der Waals surface area contributed by atoms with Gasteiger partial charge >= 0.3 is 0 Å². The highest BCUT2D eigenvalue weighted by Crippen LogP contribution is 2.31. The molecule has 1 aliphatic rings. The maximum Gasteiger partial charge on any atom is 0.296 e. The number of likely N-dealkylation sites (tertiary alicyclic amines) is 1. The quantitative estimate of drug-likeness (QED) is 0.462. The van der Waals surface area contributed by atoms with E-state index in [2.05, 4.69) is 5.10 Å². The average molecular weight is 455 g/mol. The molecule has 0 radical (unpaired) electrons. The summed E-state index contributed by atoms with van der Waals surface area (Å²) < 4.78 is 3.12. The number of carbonyl (C=O) groups is 1. The molecule has 2 aromatic carbocycles. The zero-order chi connectivity index (χ0) is 21.7. The van der Waals surface area contributed by atoms with Crippen molar-refractivity contribution in [2.75, 3.05) is 13.1 Å². The van der Waals surface area contributed by atoms with Crippen LogP contribution in [0.3, 0.4) is 0 Å². The molecule has 31 heavy (non-hydrogen) atoms. The second-order valence-corrected chi connectivity index (χ2v) is 8.67. The smallest absolute Gasteiger partial charge is 0.296 e. The summed E-state index contributed by atoms with van der Waals surface area (Å²) in [5.74, 6) is 0.0154. The Morgan fingerprint density at radius 1 is 1.10 bits per heavy atom. The van der Waals surface area contributed by atoms with E-state index in [1.807, 2.05) is 28.6 Å². The first-order chi connectivity index (χ1) is 15.0. The lowest BCUT2D eigenvalue weighted by atomic mass is 10.1. The third kappa shape index (κ3) is 3.30. The largest absolute Gasteiger partial charge is 0.342 e. The number of nitrogens with zero attached hydrogens (tertiary/aromatic N) is 4. The van der Waals surface area contributed by atoms with Crippen LogP contribution < -0.4 is 5.56 Å². The molecular formula is C23H20Cl2N4O2. The van der Waals surface area contributed by atoms with E-state index in [1.54, 1.807) is 30.3 Å². The Morgan fingerprint density at radius 3 is 2.58 bits per heavy atom. The number of hydrogen-bond donors (Lipinski definition) is 0. The number of rotatable bonds is 3. The van der Waals surface area contributed by atoms with Crippen LogP contribution in [0.2, 0.25) is 10.0 Å². The van der Waals surface area contributed by atoms with E-state index in [0.29, 0.717) is 32.3 Å². The zero-order valence-corrected chi connectivity index (χ0v) is 18.5. The number of benzene rings is 2. The fraction of sp³-hybridized carbons (Fsp3) is 0.261. The van der Waals surface area contributed by atoms with E-state index in [4.69, 9.17) is 23.2 Å². The summed E-state index contributed by atoms with van der Waals surface area (Å²) in [6, 6.07) is 12.5. The Hall–Kier alpha value is -2.83. The highest BCUT2D eigenvalue weighted by atomic mass is 35.5. The molecule has 0 atom stereocenters. The van der Waals surface area contributed by atoms with Gasteiger partial charge in [-0.05, 0) is 37.1 Å². The standard InChI is InChI=1S/C23H20Cl2N4O2/c1-27-19-12-14(24)8-9-15(19)21-17(13-20(30)28-10-4-5-11-28)26-29(23(31)22(21)27)18-7-3-2-6-16(18)25/h2-3,6-9,12H,4-5,10-11,13H2,1H3. The van der Waals surface area contributed by atoms with Crippen molar-refractivity contribution in [3.8, 4) is 5.69 Å². The van der Waals surface area contributed by atoms with Crippen LogP contribution in [0.4, 0.5) is 0 Å². The third-order valence-corrected chi connectivity index (χ3v) is 6.48. The SMILES string of the molecule is Cn1c2cc(Cl)ccc2c2c(CC(=O)N3CCCC3)nn(-c3ccccc3Cl)c(=O)c21. The van der Waals surface area contributed by atoms with Crippen LogP contribution in [0.1, 0.15) is 18.5 Å². The van der Waals surface area contributed by atoms with Gasteiger partial charge in [-0.2, -0.15) is 9.78 Å². The van der Waals surface area contributed by atoms with Crippen LogP contribution in [0.15, 0.2) is 47.3 Å². The van der Waals surface area contributed by atoms with Gasteiger partial charge in [0, 0.05) is 35.9 Å². The molecular weight excluding hydrogens is 435 g/mol. The molecule has 1 saturated heterocycles. The van der Waals surface area contributed by atoms with Crippen molar-refractivity contribution in [2.45, 2.75) is 19.3 Å². The highest BCUT2D eigenvalue weighted by Gasteiger charge is 2.24. The lowest BCUT2D eigenvalue weighted by molar-refractivity contribution is -0.129. The van der Waals surface area contributed by atoms with E-state index in [9.17, 15) is 9.59 Å². The second kappa shape index (κ2) is 7.70. The average Bonchev–Trinajstić information content (AvgIpc) is 3.38. The summed E-state index contributed by atoms with van der Waals surface area (Å²) in [4.78, 5) is 28.4. The van der Waals surface area contributed by atoms with Crippen LogP contribution in [-0.2, 0) is 18.3 Å². The Kier molecular flexibility index (Phi) is 4.99. The first-order valence-corrected chi connectivity index (χ1v) is 10.9. The molecule has 4 aromatic rings. The number of fused-ring (bicyclic) bond motifs is 3. The molecule has 8 heteroatoms. The summed E-state index contributed by atoms with van der Waals surface area (Å²) in [6.45, 7) is 1.52. The molecule has 5 rings (SSSR count). The van der Waals surface area contributed by atoms with Gasteiger partial charge in [-0.1, -0.05) is 41.4 Å². The van der Waals surface area contributed by atoms with Gasteiger partial charge < -0.3 is 9.47 Å². The molecule has 0 N–H and O–H groups in total. The van der Waals surface area contributed by atoms with Gasteiger partial charge in [0.05, 0.1) is 28.3 Å². The minimum Gasteiger partial charge on any atom is -0.342 e. The maximum atomic E-state index is 13.5. The molecule has 158 valence electrons. The van der Waals surface area contributed by atoms with E-state index < -0.39 is 0 Å². The first kappa shape index (κ1) is 20.1. The highest BCUT2D eigenvalue weighted by molar-refractivity contribution is 6.32. The van der Waals surface area contributed by atoms with Crippen LogP contribution in [0.5, 0.6) is 0 Å². The fourth-order valence-corrected chi connectivity index (χ4v) is 4.78. The summed E-state index contributed by atoms with van der Waals surface area (Å²) in [5, 5.41) is 7.18. The third-order valence-electron chi connectivity index (χ3n) is 5.93. The molecule has 0 bridgehead atoms. The van der Waals surface area contributed by atoms with Crippen molar-refractivity contribution in [3.63, 3.8) is 0 Å². The summed E-state index contributed by atoms with van der Waals surface area (Å²) in [6.07, 6.45) is 2.14. The predicted octanol–water partition coefficient (Wildman–Crippen LogP) is 4.35. The normalized spacial score (nSPS) is 14.1. The molecule has 0 unspecified atom stereocenters. The first-order valence-electron chi connectivity index (χ1n) is 10.2. The molecule has 1 fully saturated rings. The Bertz CT molecular complexity index is 1400. The monoisotopic (exact) mass is 454 g/mol. The van der Waals surface area contributed by atoms with E-state index >= 15 is 0 Å². The second-order valence-electron chi connectivity index (χ2n) is 7.82. The van der Waals surface area contributed by atoms with Crippen LogP contribution in [0, 0.1) is 0 Å². The minimum absolute atomic E-state index is 0.0154. The van der Waals surface area contributed by atoms with Gasteiger partial charge in [0.25, 0.3) is 5.56 Å². The molecule has 3 heterocycles. The molecule has 1 aliphatic heterocycles. The Labute approximate surface area is 188 Å². The van der Waals surface area contributed by atoms with Gasteiger partial charge in [0.2, 0.25) is 5.91 Å². The lowest BCUT2D eigenvalue weighted by Gasteiger charge is -2.16. The molecule has 1 amide bonds. The molecule has 0 aliphatic carbocycles.